The number of anilines is 2. The summed E-state index contributed by atoms with van der Waals surface area (Å²) in [5, 5.41) is 5.93. The van der Waals surface area contributed by atoms with Gasteiger partial charge in [-0.05, 0) is 44.2 Å². The van der Waals surface area contributed by atoms with Gasteiger partial charge >= 0.3 is 0 Å². The number of nitrogens with one attached hydrogen (secondary N) is 2. The first-order chi connectivity index (χ1) is 18.0. The molecule has 4 aromatic rings. The van der Waals surface area contributed by atoms with Crippen molar-refractivity contribution in [2.75, 3.05) is 31.2 Å². The van der Waals surface area contributed by atoms with Crippen LogP contribution in [0.4, 0.5) is 11.6 Å². The van der Waals surface area contributed by atoms with Gasteiger partial charge in [-0.3, -0.25) is 14.0 Å². The molecule has 4 N–H and O–H groups in total. The maximum atomic E-state index is 13.1. The molecule has 0 aliphatic rings. The van der Waals surface area contributed by atoms with Crippen LogP contribution in [0.1, 0.15) is 40.7 Å². The SMILES string of the molecule is CC#CCNCCCC(=O)c1nc(-c2ccc(C(=O)Nc3ccccn3)c(OC)c2)c2c(N)nccn12. The van der Waals surface area contributed by atoms with E-state index in [0.717, 1.165) is 0 Å². The number of methoxy groups -OCH3 is 1. The van der Waals surface area contributed by atoms with Crippen molar-refractivity contribution in [3.63, 3.8) is 0 Å². The van der Waals surface area contributed by atoms with Crippen LogP contribution in [-0.2, 0) is 0 Å². The number of carbonyl (C=O) groups excluding carboxylic acids is 2. The number of amides is 1. The molecule has 4 rings (SSSR count). The Morgan fingerprint density at radius 1 is 1.16 bits per heavy atom. The molecule has 0 bridgehead atoms. The molecule has 37 heavy (non-hydrogen) atoms. The molecule has 3 heterocycles. The van der Waals surface area contributed by atoms with E-state index < -0.39 is 0 Å². The van der Waals surface area contributed by atoms with E-state index in [0.29, 0.717) is 59.8 Å². The number of hydrogen-bond acceptors (Lipinski definition) is 8. The fourth-order valence-corrected chi connectivity index (χ4v) is 3.83. The number of carbonyl (C=O) groups is 2. The molecule has 0 aliphatic carbocycles. The van der Waals surface area contributed by atoms with Crippen LogP contribution in [-0.4, -0.2) is 51.2 Å². The number of nitrogens with zero attached hydrogens (tertiary/aromatic N) is 4. The highest BCUT2D eigenvalue weighted by Gasteiger charge is 2.22. The Labute approximate surface area is 214 Å². The molecule has 0 aliphatic heterocycles. The number of pyridine rings is 1. The molecule has 10 heteroatoms. The Kier molecular flexibility index (Phi) is 8.08. The van der Waals surface area contributed by atoms with Crippen molar-refractivity contribution < 1.29 is 14.3 Å². The van der Waals surface area contributed by atoms with E-state index in [1.807, 2.05) is 0 Å². The van der Waals surface area contributed by atoms with E-state index in [1.165, 1.54) is 13.3 Å². The first-order valence-electron chi connectivity index (χ1n) is 11.7. The Hall–Kier alpha value is -4.75. The van der Waals surface area contributed by atoms with Gasteiger partial charge in [-0.2, -0.15) is 0 Å². The second-order valence-corrected chi connectivity index (χ2v) is 8.03. The average molecular weight is 498 g/mol. The molecule has 0 fully saturated rings. The third-order valence-electron chi connectivity index (χ3n) is 5.61. The van der Waals surface area contributed by atoms with Crippen LogP contribution in [0.3, 0.4) is 0 Å². The highest BCUT2D eigenvalue weighted by molar-refractivity contribution is 6.06. The maximum Gasteiger partial charge on any atom is 0.260 e. The summed E-state index contributed by atoms with van der Waals surface area (Å²) >= 11 is 0. The van der Waals surface area contributed by atoms with Gasteiger partial charge in [-0.15, -0.1) is 5.92 Å². The number of ketones is 1. The van der Waals surface area contributed by atoms with E-state index in [2.05, 4.69) is 37.4 Å². The fourth-order valence-electron chi connectivity index (χ4n) is 3.83. The molecule has 0 saturated carbocycles. The average Bonchev–Trinajstić information content (AvgIpc) is 3.32. The van der Waals surface area contributed by atoms with E-state index in [1.54, 1.807) is 60.1 Å². The number of nitrogens with two attached hydrogens (primary N) is 1. The van der Waals surface area contributed by atoms with Crippen molar-refractivity contribution in [3.05, 3.63) is 66.4 Å². The minimum Gasteiger partial charge on any atom is -0.496 e. The number of ether oxygens (including phenoxy) is 1. The van der Waals surface area contributed by atoms with Gasteiger partial charge in [0.2, 0.25) is 0 Å². The van der Waals surface area contributed by atoms with E-state index in [9.17, 15) is 9.59 Å². The van der Waals surface area contributed by atoms with Crippen molar-refractivity contribution in [1.29, 1.82) is 0 Å². The van der Waals surface area contributed by atoms with Crippen LogP contribution >= 0.6 is 0 Å². The first-order valence-corrected chi connectivity index (χ1v) is 11.7. The molecular formula is C27H27N7O3. The smallest absolute Gasteiger partial charge is 0.260 e. The van der Waals surface area contributed by atoms with Gasteiger partial charge in [0.05, 0.1) is 19.2 Å². The van der Waals surface area contributed by atoms with Crippen LogP contribution < -0.4 is 21.1 Å². The lowest BCUT2D eigenvalue weighted by molar-refractivity contribution is 0.0968. The van der Waals surface area contributed by atoms with Gasteiger partial charge < -0.3 is 21.1 Å². The van der Waals surface area contributed by atoms with Crippen LogP contribution in [0.2, 0.25) is 0 Å². The lowest BCUT2D eigenvalue weighted by Gasteiger charge is -2.10. The van der Waals surface area contributed by atoms with Gasteiger partial charge in [0.25, 0.3) is 5.91 Å². The van der Waals surface area contributed by atoms with E-state index in [-0.39, 0.29) is 23.3 Å². The minimum atomic E-state index is -0.368. The lowest BCUT2D eigenvalue weighted by atomic mass is 10.1. The normalized spacial score (nSPS) is 10.5. The van der Waals surface area contributed by atoms with Gasteiger partial charge in [0, 0.05) is 30.6 Å². The first kappa shape index (κ1) is 25.3. The molecule has 0 saturated heterocycles. The Morgan fingerprint density at radius 3 is 2.78 bits per heavy atom. The van der Waals surface area contributed by atoms with Crippen molar-refractivity contribution in [1.82, 2.24) is 24.7 Å². The monoisotopic (exact) mass is 497 g/mol. The van der Waals surface area contributed by atoms with Crippen LogP contribution in [0.5, 0.6) is 5.75 Å². The number of fused-ring (bicyclic) bond motifs is 1. The van der Waals surface area contributed by atoms with Crippen molar-refractivity contribution in [3.8, 4) is 28.8 Å². The highest BCUT2D eigenvalue weighted by Crippen LogP contribution is 2.32. The van der Waals surface area contributed by atoms with E-state index in [4.69, 9.17) is 10.5 Å². The summed E-state index contributed by atoms with van der Waals surface area (Å²) < 4.78 is 7.17. The molecule has 0 atom stereocenters. The third-order valence-corrected chi connectivity index (χ3v) is 5.61. The number of hydrogen-bond donors (Lipinski definition) is 3. The van der Waals surface area contributed by atoms with Gasteiger partial charge in [0.1, 0.15) is 28.6 Å². The fraction of sp³-hybridized carbons (Fsp3) is 0.222. The molecule has 0 spiro atoms. The predicted molar refractivity (Wildman–Crippen MR) is 141 cm³/mol. The van der Waals surface area contributed by atoms with Gasteiger partial charge in [-0.1, -0.05) is 18.1 Å². The maximum absolute atomic E-state index is 13.1. The van der Waals surface area contributed by atoms with Crippen LogP contribution in [0.25, 0.3) is 16.8 Å². The number of rotatable bonds is 10. The number of aromatic nitrogens is 4. The zero-order valence-corrected chi connectivity index (χ0v) is 20.6. The minimum absolute atomic E-state index is 0.117. The Balaban J connectivity index is 1.63. The summed E-state index contributed by atoms with van der Waals surface area (Å²) in [5.74, 6) is 6.53. The molecule has 1 aromatic carbocycles. The summed E-state index contributed by atoms with van der Waals surface area (Å²) in [6, 6.07) is 10.3. The quantitative estimate of drug-likeness (QED) is 0.173. The summed E-state index contributed by atoms with van der Waals surface area (Å²) in [4.78, 5) is 38.9. The number of Topliss-reactive ketones (excluding diaryl/α,β-unsaturated/α-hetero) is 1. The summed E-state index contributed by atoms with van der Waals surface area (Å²) in [5.41, 5.74) is 8.13. The second-order valence-electron chi connectivity index (χ2n) is 8.03. The zero-order chi connectivity index (χ0) is 26.2. The van der Waals surface area contributed by atoms with Gasteiger partial charge in [-0.25, -0.2) is 15.0 Å². The summed E-state index contributed by atoms with van der Waals surface area (Å²) in [6.07, 6.45) is 5.73. The second kappa shape index (κ2) is 11.8. The number of nitrogen functional groups attached to an aromatic ring is 1. The topological polar surface area (TPSA) is 137 Å². The zero-order valence-electron chi connectivity index (χ0n) is 20.6. The molecule has 0 radical (unpaired) electrons. The van der Waals surface area contributed by atoms with Crippen LogP contribution in [0.15, 0.2) is 55.0 Å². The van der Waals surface area contributed by atoms with Crippen LogP contribution in [0, 0.1) is 11.8 Å². The lowest BCUT2D eigenvalue weighted by Crippen LogP contribution is -2.17. The summed E-state index contributed by atoms with van der Waals surface area (Å²) in [7, 11) is 1.48. The highest BCUT2D eigenvalue weighted by atomic mass is 16.5. The molecule has 0 unspecified atom stereocenters. The third kappa shape index (κ3) is 5.74. The Bertz CT molecular complexity index is 1490. The standard InChI is InChI=1S/C27H27N7O3/c1-3-4-12-29-13-7-8-20(35)26-33-23(24-25(28)31-15-16-34(24)26)18-10-11-19(21(17-18)37-2)27(36)32-22-9-5-6-14-30-22/h5-6,9-11,14-17,29H,7-8,12-13H2,1-2H3,(H2,28,31)(H,30,32,36). The molecule has 3 aromatic heterocycles. The van der Waals surface area contributed by atoms with Crippen molar-refractivity contribution >= 4 is 28.8 Å². The predicted octanol–water partition coefficient (Wildman–Crippen LogP) is 3.21. The molecule has 188 valence electrons. The van der Waals surface area contributed by atoms with Gasteiger partial charge in [0.15, 0.2) is 11.6 Å². The van der Waals surface area contributed by atoms with Crippen molar-refractivity contribution in [2.45, 2.75) is 19.8 Å². The molecule has 10 nitrogen and oxygen atoms in total. The molecule has 1 amide bonds. The Morgan fingerprint density at radius 2 is 2.03 bits per heavy atom. The van der Waals surface area contributed by atoms with E-state index >= 15 is 0 Å². The molecular weight excluding hydrogens is 470 g/mol. The number of benzene rings is 1. The summed E-state index contributed by atoms with van der Waals surface area (Å²) in [6.45, 7) is 3.04. The largest absolute Gasteiger partial charge is 0.496 e. The van der Waals surface area contributed by atoms with Crippen molar-refractivity contribution in [2.24, 2.45) is 0 Å². The number of imidazole rings is 1.